The van der Waals surface area contributed by atoms with Crippen LogP contribution in [0.15, 0.2) is 85.1 Å². The van der Waals surface area contributed by atoms with Crippen molar-refractivity contribution in [2.75, 3.05) is 10.6 Å². The SMILES string of the molecule is CCn1cc(NC(=O)OC(C)c2ccccc2)c(-c2ccc(C(=O)Nc3ccccc3C(C)C(=O)O)cc2)n1. The van der Waals surface area contributed by atoms with Crippen molar-refractivity contribution in [1.29, 1.82) is 0 Å². The largest absolute Gasteiger partial charge is 0.481 e. The summed E-state index contributed by atoms with van der Waals surface area (Å²) < 4.78 is 7.25. The van der Waals surface area contributed by atoms with Crippen molar-refractivity contribution in [3.05, 3.63) is 102 Å². The maximum absolute atomic E-state index is 12.9. The third-order valence-electron chi connectivity index (χ3n) is 6.34. The van der Waals surface area contributed by atoms with Crippen molar-refractivity contribution in [3.8, 4) is 11.3 Å². The van der Waals surface area contributed by atoms with Gasteiger partial charge < -0.3 is 15.2 Å². The number of nitrogens with one attached hydrogen (secondary N) is 2. The number of carbonyl (C=O) groups excluding carboxylic acids is 2. The van der Waals surface area contributed by atoms with E-state index in [1.54, 1.807) is 73.3 Å². The maximum atomic E-state index is 12.9. The molecule has 9 nitrogen and oxygen atoms in total. The molecule has 9 heteroatoms. The van der Waals surface area contributed by atoms with Gasteiger partial charge in [0.05, 0.1) is 11.6 Å². The van der Waals surface area contributed by atoms with Gasteiger partial charge in [0.2, 0.25) is 0 Å². The number of carboxylic acids is 1. The predicted molar refractivity (Wildman–Crippen MR) is 149 cm³/mol. The molecule has 0 bridgehead atoms. The highest BCUT2D eigenvalue weighted by molar-refractivity contribution is 6.05. The molecule has 4 rings (SSSR count). The molecule has 0 aliphatic heterocycles. The molecule has 2 unspecified atom stereocenters. The third-order valence-corrected chi connectivity index (χ3v) is 6.34. The van der Waals surface area contributed by atoms with Crippen LogP contribution in [0.1, 0.15) is 54.3 Å². The number of anilines is 2. The van der Waals surface area contributed by atoms with Crippen LogP contribution in [-0.4, -0.2) is 32.9 Å². The topological polar surface area (TPSA) is 123 Å². The van der Waals surface area contributed by atoms with Gasteiger partial charge in [0.1, 0.15) is 11.8 Å². The number of amides is 2. The summed E-state index contributed by atoms with van der Waals surface area (Å²) in [4.78, 5) is 37.0. The lowest BCUT2D eigenvalue weighted by Gasteiger charge is -2.14. The fourth-order valence-electron chi connectivity index (χ4n) is 4.08. The molecule has 200 valence electrons. The Morgan fingerprint density at radius 2 is 1.56 bits per heavy atom. The molecule has 0 aliphatic carbocycles. The molecule has 3 aromatic carbocycles. The molecule has 39 heavy (non-hydrogen) atoms. The number of rotatable bonds is 9. The Hall–Kier alpha value is -4.92. The molecule has 0 aliphatic rings. The fourth-order valence-corrected chi connectivity index (χ4v) is 4.08. The number of ether oxygens (including phenoxy) is 1. The van der Waals surface area contributed by atoms with Crippen molar-refractivity contribution >= 4 is 29.3 Å². The van der Waals surface area contributed by atoms with Crippen molar-refractivity contribution in [1.82, 2.24) is 9.78 Å². The molecule has 0 saturated carbocycles. The summed E-state index contributed by atoms with van der Waals surface area (Å²) in [6.45, 7) is 5.91. The number of carboxylic acid groups (broad SMARTS) is 1. The quantitative estimate of drug-likeness (QED) is 0.235. The average molecular weight is 527 g/mol. The zero-order chi connectivity index (χ0) is 27.9. The molecule has 0 radical (unpaired) electrons. The van der Waals surface area contributed by atoms with Crippen LogP contribution in [0.4, 0.5) is 16.2 Å². The molecular weight excluding hydrogens is 496 g/mol. The van der Waals surface area contributed by atoms with E-state index in [1.807, 2.05) is 37.3 Å². The number of aromatic nitrogens is 2. The minimum absolute atomic E-state index is 0.373. The first-order chi connectivity index (χ1) is 18.8. The molecule has 2 amide bonds. The lowest BCUT2D eigenvalue weighted by atomic mass is 9.99. The van der Waals surface area contributed by atoms with E-state index in [-0.39, 0.29) is 5.91 Å². The van der Waals surface area contributed by atoms with Gasteiger partial charge in [-0.3, -0.25) is 19.6 Å². The van der Waals surface area contributed by atoms with Crippen molar-refractivity contribution < 1.29 is 24.2 Å². The number of hydrogen-bond acceptors (Lipinski definition) is 5. The van der Waals surface area contributed by atoms with E-state index in [0.717, 1.165) is 5.56 Å². The van der Waals surface area contributed by atoms with E-state index < -0.39 is 24.1 Å². The van der Waals surface area contributed by atoms with Gasteiger partial charge in [-0.2, -0.15) is 5.10 Å². The van der Waals surface area contributed by atoms with E-state index >= 15 is 0 Å². The highest BCUT2D eigenvalue weighted by atomic mass is 16.6. The van der Waals surface area contributed by atoms with Gasteiger partial charge in [-0.25, -0.2) is 4.79 Å². The second-order valence-corrected chi connectivity index (χ2v) is 9.01. The van der Waals surface area contributed by atoms with E-state index in [0.29, 0.717) is 40.3 Å². The van der Waals surface area contributed by atoms with Gasteiger partial charge in [0, 0.05) is 29.6 Å². The Bertz CT molecular complexity index is 1460. The molecule has 0 saturated heterocycles. The Morgan fingerprint density at radius 1 is 0.897 bits per heavy atom. The molecular formula is C30H30N4O5. The van der Waals surface area contributed by atoms with Crippen LogP contribution >= 0.6 is 0 Å². The van der Waals surface area contributed by atoms with Gasteiger partial charge in [0.25, 0.3) is 5.91 Å². The standard InChI is InChI=1S/C30H30N4O5/c1-4-34-18-26(32-30(38)39-20(3)21-10-6-5-7-11-21)27(33-34)22-14-16-23(17-15-22)28(35)31-25-13-9-8-12-24(25)19(2)29(36)37/h5-20H,4H2,1-3H3,(H,31,35)(H,32,38)(H,36,37). The number of nitrogens with zero attached hydrogens (tertiary/aromatic N) is 2. The first kappa shape index (κ1) is 27.1. The number of para-hydroxylation sites is 1. The van der Waals surface area contributed by atoms with Gasteiger partial charge in [-0.15, -0.1) is 0 Å². The second-order valence-electron chi connectivity index (χ2n) is 9.01. The Balaban J connectivity index is 1.49. The first-order valence-electron chi connectivity index (χ1n) is 12.6. The summed E-state index contributed by atoms with van der Waals surface area (Å²) >= 11 is 0. The lowest BCUT2D eigenvalue weighted by Crippen LogP contribution is -2.16. The molecule has 1 aromatic heterocycles. The van der Waals surface area contributed by atoms with Gasteiger partial charge in [-0.1, -0.05) is 60.7 Å². The lowest BCUT2D eigenvalue weighted by molar-refractivity contribution is -0.138. The number of aliphatic carboxylic acids is 1. The fraction of sp³-hybridized carbons (Fsp3) is 0.200. The van der Waals surface area contributed by atoms with E-state index in [2.05, 4.69) is 15.7 Å². The van der Waals surface area contributed by atoms with Crippen LogP contribution in [0.2, 0.25) is 0 Å². The van der Waals surface area contributed by atoms with Crippen molar-refractivity contribution in [2.45, 2.75) is 39.3 Å². The maximum Gasteiger partial charge on any atom is 0.412 e. The molecule has 2 atom stereocenters. The van der Waals surface area contributed by atoms with Crippen LogP contribution in [0.5, 0.6) is 0 Å². The molecule has 0 fully saturated rings. The van der Waals surface area contributed by atoms with Gasteiger partial charge in [-0.05, 0) is 50.1 Å². The molecule has 0 spiro atoms. The summed E-state index contributed by atoms with van der Waals surface area (Å²) in [6.07, 6.45) is 0.691. The molecule has 4 aromatic rings. The zero-order valence-corrected chi connectivity index (χ0v) is 21.9. The number of carbonyl (C=O) groups is 3. The third kappa shape index (κ3) is 6.51. The van der Waals surface area contributed by atoms with E-state index in [1.165, 1.54) is 0 Å². The Labute approximate surface area is 226 Å². The van der Waals surface area contributed by atoms with E-state index in [4.69, 9.17) is 4.74 Å². The van der Waals surface area contributed by atoms with Crippen LogP contribution in [-0.2, 0) is 16.1 Å². The first-order valence-corrected chi connectivity index (χ1v) is 12.6. The van der Waals surface area contributed by atoms with E-state index in [9.17, 15) is 19.5 Å². The number of aryl methyl sites for hydroxylation is 1. The summed E-state index contributed by atoms with van der Waals surface area (Å²) in [6, 6.07) is 23.1. The van der Waals surface area contributed by atoms with Gasteiger partial charge >= 0.3 is 12.1 Å². The highest BCUT2D eigenvalue weighted by Crippen LogP contribution is 2.29. The number of hydrogen-bond donors (Lipinski definition) is 3. The van der Waals surface area contributed by atoms with Crippen molar-refractivity contribution in [2.24, 2.45) is 0 Å². The smallest absolute Gasteiger partial charge is 0.412 e. The van der Waals surface area contributed by atoms with Crippen LogP contribution in [0.3, 0.4) is 0 Å². The highest BCUT2D eigenvalue weighted by Gasteiger charge is 2.20. The minimum atomic E-state index is -0.976. The summed E-state index contributed by atoms with van der Waals surface area (Å²) in [7, 11) is 0. The normalized spacial score (nSPS) is 12.3. The predicted octanol–water partition coefficient (Wildman–Crippen LogP) is 6.32. The average Bonchev–Trinajstić information content (AvgIpc) is 3.36. The van der Waals surface area contributed by atoms with Gasteiger partial charge in [0.15, 0.2) is 0 Å². The summed E-state index contributed by atoms with van der Waals surface area (Å²) in [5, 5.41) is 19.6. The van der Waals surface area contributed by atoms with Crippen molar-refractivity contribution in [3.63, 3.8) is 0 Å². The number of benzene rings is 3. The Kier molecular flexibility index (Phi) is 8.40. The second kappa shape index (κ2) is 12.1. The van der Waals surface area contributed by atoms with Crippen LogP contribution in [0.25, 0.3) is 11.3 Å². The summed E-state index contributed by atoms with van der Waals surface area (Å²) in [5.41, 5.74) is 3.94. The molecule has 1 heterocycles. The monoisotopic (exact) mass is 526 g/mol. The zero-order valence-electron chi connectivity index (χ0n) is 21.9. The van der Waals surface area contributed by atoms with Crippen LogP contribution < -0.4 is 10.6 Å². The molecule has 3 N–H and O–H groups in total. The Morgan fingerprint density at radius 3 is 2.23 bits per heavy atom. The van der Waals surface area contributed by atoms with Crippen LogP contribution in [0, 0.1) is 0 Å². The summed E-state index contributed by atoms with van der Waals surface area (Å²) in [5.74, 6) is -2.12. The minimum Gasteiger partial charge on any atom is -0.481 e.